The van der Waals surface area contributed by atoms with E-state index < -0.39 is 6.10 Å². The van der Waals surface area contributed by atoms with Crippen LogP contribution in [-0.2, 0) is 16.0 Å². The highest BCUT2D eigenvalue weighted by Gasteiger charge is 2.32. The van der Waals surface area contributed by atoms with Crippen LogP contribution in [0.2, 0.25) is 0 Å². The first-order valence-corrected chi connectivity index (χ1v) is 9.37. The summed E-state index contributed by atoms with van der Waals surface area (Å²) in [5.41, 5.74) is 1.61. The Hall–Kier alpha value is -3.22. The van der Waals surface area contributed by atoms with Crippen LogP contribution in [-0.4, -0.2) is 49.1 Å². The zero-order valence-corrected chi connectivity index (χ0v) is 15.6. The molecule has 2 aromatic carbocycles. The molecule has 0 aromatic heterocycles. The first kappa shape index (κ1) is 18.2. The highest BCUT2D eigenvalue weighted by molar-refractivity contribution is 5.95. The fourth-order valence-electron chi connectivity index (χ4n) is 3.36. The van der Waals surface area contributed by atoms with Crippen LogP contribution in [0.25, 0.3) is 0 Å². The first-order valence-electron chi connectivity index (χ1n) is 9.37. The van der Waals surface area contributed by atoms with Gasteiger partial charge in [-0.1, -0.05) is 18.2 Å². The van der Waals surface area contributed by atoms with E-state index in [4.69, 9.17) is 14.2 Å². The molecule has 0 saturated carbocycles. The number of carbonyl (C=O) groups is 2. The Bertz CT molecular complexity index is 873. The second-order valence-corrected chi connectivity index (χ2v) is 6.68. The second-order valence-electron chi connectivity index (χ2n) is 6.68. The molecule has 4 rings (SSSR count). The van der Waals surface area contributed by atoms with Crippen LogP contribution in [0.3, 0.4) is 0 Å². The van der Waals surface area contributed by atoms with Gasteiger partial charge in [-0.05, 0) is 30.7 Å². The zero-order valence-electron chi connectivity index (χ0n) is 15.6. The summed E-state index contributed by atoms with van der Waals surface area (Å²) in [7, 11) is 0. The lowest BCUT2D eigenvalue weighted by molar-refractivity contribution is -0.140. The number of rotatable bonds is 5. The van der Waals surface area contributed by atoms with Crippen LogP contribution in [0.15, 0.2) is 42.5 Å². The molecule has 0 spiro atoms. The van der Waals surface area contributed by atoms with E-state index in [2.05, 4.69) is 5.32 Å². The number of amides is 2. The number of hydrogen-bond donors (Lipinski definition) is 1. The van der Waals surface area contributed by atoms with Gasteiger partial charge in [-0.25, -0.2) is 0 Å². The third kappa shape index (κ3) is 3.74. The Morgan fingerprint density at radius 2 is 1.86 bits per heavy atom. The van der Waals surface area contributed by atoms with Crippen molar-refractivity contribution in [2.45, 2.75) is 19.4 Å². The van der Waals surface area contributed by atoms with Crippen molar-refractivity contribution >= 4 is 17.5 Å². The van der Waals surface area contributed by atoms with E-state index in [1.54, 1.807) is 18.2 Å². The molecule has 0 aliphatic carbocycles. The average molecular weight is 382 g/mol. The molecule has 2 aliphatic rings. The van der Waals surface area contributed by atoms with E-state index >= 15 is 0 Å². The lowest BCUT2D eigenvalue weighted by Crippen LogP contribution is -2.44. The number of ether oxygens (including phenoxy) is 3. The fourth-order valence-corrected chi connectivity index (χ4v) is 3.36. The number of likely N-dealkylation sites (N-methyl/N-ethyl adjacent to an activating group) is 1. The van der Waals surface area contributed by atoms with Gasteiger partial charge in [-0.15, -0.1) is 0 Å². The minimum absolute atomic E-state index is 0.0417. The molecule has 2 aromatic rings. The molecule has 146 valence electrons. The Kier molecular flexibility index (Phi) is 5.06. The van der Waals surface area contributed by atoms with Crippen molar-refractivity contribution in [3.8, 4) is 17.2 Å². The van der Waals surface area contributed by atoms with Gasteiger partial charge in [-0.3, -0.25) is 9.59 Å². The summed E-state index contributed by atoms with van der Waals surface area (Å²) in [4.78, 5) is 26.8. The number of benzene rings is 2. The topological polar surface area (TPSA) is 77.1 Å². The van der Waals surface area contributed by atoms with Gasteiger partial charge >= 0.3 is 0 Å². The van der Waals surface area contributed by atoms with Gasteiger partial charge in [0.1, 0.15) is 19.0 Å². The number of fused-ring (bicyclic) bond motifs is 2. The van der Waals surface area contributed by atoms with E-state index in [1.807, 2.05) is 31.2 Å². The lowest BCUT2D eigenvalue weighted by Gasteiger charge is -2.23. The monoisotopic (exact) mass is 382 g/mol. The molecule has 2 aliphatic heterocycles. The zero-order chi connectivity index (χ0) is 19.5. The molecule has 0 saturated heterocycles. The number of para-hydroxylation sites is 1. The molecule has 0 fully saturated rings. The summed E-state index contributed by atoms with van der Waals surface area (Å²) in [6.45, 7) is 3.21. The number of nitrogens with zero attached hydrogens (tertiary/aromatic N) is 1. The van der Waals surface area contributed by atoms with Gasteiger partial charge in [0.25, 0.3) is 5.91 Å². The Labute approximate surface area is 163 Å². The SMILES string of the molecule is CCN(CC(=O)Nc1ccc2c(c1)OCCO2)C(=O)C1Cc2ccccc2O1. The molecule has 1 N–H and O–H groups in total. The number of anilines is 1. The van der Waals surface area contributed by atoms with Crippen LogP contribution in [0, 0.1) is 0 Å². The highest BCUT2D eigenvalue weighted by Crippen LogP contribution is 2.32. The predicted octanol–water partition coefficient (Wildman–Crippen LogP) is 2.25. The first-order chi connectivity index (χ1) is 13.6. The molecule has 1 atom stereocenters. The normalized spacial score (nSPS) is 16.7. The second kappa shape index (κ2) is 7.80. The van der Waals surface area contributed by atoms with Crippen LogP contribution in [0.1, 0.15) is 12.5 Å². The number of carbonyl (C=O) groups excluding carboxylic acids is 2. The molecular formula is C21H22N2O5. The Balaban J connectivity index is 1.37. The van der Waals surface area contributed by atoms with Crippen molar-refractivity contribution in [2.24, 2.45) is 0 Å². The van der Waals surface area contributed by atoms with E-state index in [0.29, 0.717) is 43.4 Å². The lowest BCUT2D eigenvalue weighted by atomic mass is 10.1. The summed E-state index contributed by atoms with van der Waals surface area (Å²) in [6.07, 6.45) is -0.0607. The summed E-state index contributed by atoms with van der Waals surface area (Å²) < 4.78 is 16.8. The van der Waals surface area contributed by atoms with Crippen LogP contribution in [0.4, 0.5) is 5.69 Å². The van der Waals surface area contributed by atoms with Crippen LogP contribution in [0.5, 0.6) is 17.2 Å². The predicted molar refractivity (Wildman–Crippen MR) is 103 cm³/mol. The largest absolute Gasteiger partial charge is 0.486 e. The number of hydrogen-bond acceptors (Lipinski definition) is 5. The number of nitrogens with one attached hydrogen (secondary N) is 1. The van der Waals surface area contributed by atoms with Gasteiger partial charge in [0.05, 0.1) is 6.54 Å². The third-order valence-corrected chi connectivity index (χ3v) is 4.78. The summed E-state index contributed by atoms with van der Waals surface area (Å²) in [5, 5.41) is 2.81. The van der Waals surface area contributed by atoms with Crippen molar-refractivity contribution in [1.82, 2.24) is 4.90 Å². The summed E-state index contributed by atoms with van der Waals surface area (Å²) in [5.74, 6) is 1.54. The maximum atomic E-state index is 12.8. The van der Waals surface area contributed by atoms with E-state index in [0.717, 1.165) is 11.3 Å². The van der Waals surface area contributed by atoms with Gasteiger partial charge in [0.2, 0.25) is 5.91 Å². The minimum atomic E-state index is -0.584. The molecule has 0 radical (unpaired) electrons. The van der Waals surface area contributed by atoms with E-state index in [1.165, 1.54) is 4.90 Å². The fraction of sp³-hybridized carbons (Fsp3) is 0.333. The maximum absolute atomic E-state index is 12.8. The Morgan fingerprint density at radius 3 is 2.64 bits per heavy atom. The molecular weight excluding hydrogens is 360 g/mol. The molecule has 0 bridgehead atoms. The van der Waals surface area contributed by atoms with Crippen molar-refractivity contribution in [1.29, 1.82) is 0 Å². The van der Waals surface area contributed by atoms with Crippen molar-refractivity contribution < 1.29 is 23.8 Å². The van der Waals surface area contributed by atoms with E-state index in [-0.39, 0.29) is 18.4 Å². The van der Waals surface area contributed by atoms with Crippen molar-refractivity contribution in [2.75, 3.05) is 31.6 Å². The molecule has 7 heteroatoms. The van der Waals surface area contributed by atoms with Crippen molar-refractivity contribution in [3.05, 3.63) is 48.0 Å². The standard InChI is InChI=1S/C21H22N2O5/c1-2-23(21(25)19-11-14-5-3-4-6-16(14)28-19)13-20(24)22-15-7-8-17-18(12-15)27-10-9-26-17/h3-8,12,19H,2,9-11,13H2,1H3,(H,22,24). The van der Waals surface area contributed by atoms with Gasteiger partial charge in [0.15, 0.2) is 17.6 Å². The minimum Gasteiger partial charge on any atom is -0.486 e. The van der Waals surface area contributed by atoms with E-state index in [9.17, 15) is 9.59 Å². The molecule has 1 unspecified atom stereocenters. The molecule has 28 heavy (non-hydrogen) atoms. The molecule has 7 nitrogen and oxygen atoms in total. The maximum Gasteiger partial charge on any atom is 0.264 e. The van der Waals surface area contributed by atoms with Gasteiger partial charge in [-0.2, -0.15) is 0 Å². The smallest absolute Gasteiger partial charge is 0.264 e. The molecule has 2 amide bonds. The highest BCUT2D eigenvalue weighted by atomic mass is 16.6. The van der Waals surface area contributed by atoms with Gasteiger partial charge in [0, 0.05) is 24.7 Å². The molecule has 2 heterocycles. The summed E-state index contributed by atoms with van der Waals surface area (Å²) >= 11 is 0. The quantitative estimate of drug-likeness (QED) is 0.858. The van der Waals surface area contributed by atoms with Gasteiger partial charge < -0.3 is 24.4 Å². The summed E-state index contributed by atoms with van der Waals surface area (Å²) in [6, 6.07) is 12.8. The van der Waals surface area contributed by atoms with Crippen LogP contribution >= 0.6 is 0 Å². The third-order valence-electron chi connectivity index (χ3n) is 4.78. The average Bonchev–Trinajstić information content (AvgIpc) is 3.15. The van der Waals surface area contributed by atoms with Crippen LogP contribution < -0.4 is 19.5 Å². The van der Waals surface area contributed by atoms with Crippen molar-refractivity contribution in [3.63, 3.8) is 0 Å². The Morgan fingerprint density at radius 1 is 1.07 bits per heavy atom.